The van der Waals surface area contributed by atoms with Crippen molar-refractivity contribution < 1.29 is 0 Å². The van der Waals surface area contributed by atoms with Crippen LogP contribution in [0.1, 0.15) is 5.56 Å². The lowest BCUT2D eigenvalue weighted by Gasteiger charge is -1.93. The number of nitrogens with two attached hydrogens (primary N) is 1. The first-order valence-corrected chi connectivity index (χ1v) is 5.55. The molecule has 0 radical (unpaired) electrons. The van der Waals surface area contributed by atoms with Crippen LogP contribution in [0.2, 0.25) is 0 Å². The fraction of sp³-hybridized carbons (Fsp3) is 0.0714. The highest BCUT2D eigenvalue weighted by Crippen LogP contribution is 2.18. The number of aromatic nitrogens is 1. The molecule has 0 bridgehead atoms. The smallest absolute Gasteiger partial charge is 0.174 e. The van der Waals surface area contributed by atoms with E-state index in [0.717, 1.165) is 16.5 Å². The average molecular weight is 249 g/mol. The van der Waals surface area contributed by atoms with Gasteiger partial charge in [-0.25, -0.2) is 4.99 Å². The summed E-state index contributed by atoms with van der Waals surface area (Å²) in [7, 11) is 1.93. The molecule has 0 amide bonds. The van der Waals surface area contributed by atoms with Gasteiger partial charge in [-0.1, -0.05) is 18.2 Å². The van der Waals surface area contributed by atoms with Crippen LogP contribution in [0.15, 0.2) is 46.8 Å². The summed E-state index contributed by atoms with van der Waals surface area (Å²) >= 11 is 0. The molecule has 19 heavy (non-hydrogen) atoms. The van der Waals surface area contributed by atoms with Crippen molar-refractivity contribution >= 4 is 17.1 Å². The maximum atomic E-state index is 8.87. The number of rotatable bonds is 2. The largest absolute Gasteiger partial charge is 0.388 e. The second kappa shape index (κ2) is 5.07. The number of nitriles is 2. The monoisotopic (exact) mass is 249 g/mol. The number of nitrogens with zero attached hydrogens (tertiary/aromatic N) is 4. The van der Waals surface area contributed by atoms with Crippen molar-refractivity contribution in [3.8, 4) is 12.1 Å². The number of aryl methyl sites for hydroxylation is 1. The van der Waals surface area contributed by atoms with Crippen LogP contribution in [0.4, 0.5) is 0 Å². The maximum absolute atomic E-state index is 8.87. The zero-order valence-electron chi connectivity index (χ0n) is 10.3. The number of fused-ring (bicyclic) bond motifs is 1. The molecule has 1 aromatic heterocycles. The van der Waals surface area contributed by atoms with Crippen LogP contribution in [-0.2, 0) is 7.05 Å². The van der Waals surface area contributed by atoms with Crippen molar-refractivity contribution in [1.29, 1.82) is 10.5 Å². The SMILES string of the molecule is Cn1cc(C=N/C(C#N)=C(/N)C#N)c2ccccc21. The minimum Gasteiger partial charge on any atom is -0.388 e. The zero-order valence-corrected chi connectivity index (χ0v) is 10.3. The van der Waals surface area contributed by atoms with E-state index in [1.807, 2.05) is 42.1 Å². The van der Waals surface area contributed by atoms with Crippen molar-refractivity contribution in [3.05, 3.63) is 47.4 Å². The van der Waals surface area contributed by atoms with Gasteiger partial charge in [-0.3, -0.25) is 0 Å². The molecule has 2 aromatic rings. The summed E-state index contributed by atoms with van der Waals surface area (Å²) in [6, 6.07) is 11.4. The summed E-state index contributed by atoms with van der Waals surface area (Å²) in [4.78, 5) is 3.98. The molecule has 92 valence electrons. The van der Waals surface area contributed by atoms with E-state index in [-0.39, 0.29) is 11.4 Å². The Morgan fingerprint density at radius 2 is 2.05 bits per heavy atom. The Hall–Kier alpha value is -3.05. The number of benzene rings is 1. The molecule has 0 spiro atoms. The Morgan fingerprint density at radius 1 is 1.32 bits per heavy atom. The van der Waals surface area contributed by atoms with Crippen molar-refractivity contribution in [2.75, 3.05) is 0 Å². The van der Waals surface area contributed by atoms with Crippen LogP contribution < -0.4 is 5.73 Å². The predicted molar refractivity (Wildman–Crippen MR) is 73.0 cm³/mol. The second-order valence-corrected chi connectivity index (χ2v) is 3.96. The van der Waals surface area contributed by atoms with Crippen LogP contribution in [-0.4, -0.2) is 10.8 Å². The molecule has 2 N–H and O–H groups in total. The van der Waals surface area contributed by atoms with E-state index in [1.165, 1.54) is 0 Å². The maximum Gasteiger partial charge on any atom is 0.174 e. The van der Waals surface area contributed by atoms with Gasteiger partial charge in [0.2, 0.25) is 0 Å². The first kappa shape index (κ1) is 12.4. The third-order valence-electron chi connectivity index (χ3n) is 2.74. The van der Waals surface area contributed by atoms with Gasteiger partial charge < -0.3 is 10.3 Å². The Labute approximate surface area is 110 Å². The van der Waals surface area contributed by atoms with Gasteiger partial charge in [0.05, 0.1) is 0 Å². The molecule has 0 aliphatic rings. The summed E-state index contributed by atoms with van der Waals surface area (Å²) in [5, 5.41) is 18.5. The minimum atomic E-state index is -0.181. The summed E-state index contributed by atoms with van der Waals surface area (Å²) in [5.41, 5.74) is 7.07. The predicted octanol–water partition coefficient (Wildman–Crippen LogP) is 1.81. The fourth-order valence-corrected chi connectivity index (χ4v) is 1.82. The third-order valence-corrected chi connectivity index (χ3v) is 2.74. The fourth-order valence-electron chi connectivity index (χ4n) is 1.82. The van der Waals surface area contributed by atoms with Gasteiger partial charge in [0, 0.05) is 35.9 Å². The van der Waals surface area contributed by atoms with Gasteiger partial charge in [0.25, 0.3) is 0 Å². The van der Waals surface area contributed by atoms with E-state index in [0.29, 0.717) is 0 Å². The molecule has 1 aromatic carbocycles. The van der Waals surface area contributed by atoms with Crippen LogP contribution in [0, 0.1) is 22.7 Å². The van der Waals surface area contributed by atoms with E-state index >= 15 is 0 Å². The van der Waals surface area contributed by atoms with Crippen molar-refractivity contribution in [2.24, 2.45) is 17.8 Å². The molecular formula is C14H11N5. The molecule has 0 saturated carbocycles. The molecule has 0 saturated heterocycles. The molecule has 0 aliphatic carbocycles. The molecule has 2 rings (SSSR count). The van der Waals surface area contributed by atoms with Crippen molar-refractivity contribution in [1.82, 2.24) is 4.57 Å². The highest BCUT2D eigenvalue weighted by atomic mass is 14.9. The number of para-hydroxylation sites is 1. The first-order chi connectivity index (χ1) is 9.17. The van der Waals surface area contributed by atoms with Gasteiger partial charge in [-0.2, -0.15) is 10.5 Å². The summed E-state index contributed by atoms with van der Waals surface area (Å²) in [6.07, 6.45) is 3.46. The Bertz CT molecular complexity index is 765. The normalized spacial score (nSPS) is 12.2. The van der Waals surface area contributed by atoms with Crippen molar-refractivity contribution in [2.45, 2.75) is 0 Å². The van der Waals surface area contributed by atoms with E-state index in [1.54, 1.807) is 18.4 Å². The molecule has 0 unspecified atom stereocenters. The molecular weight excluding hydrogens is 238 g/mol. The van der Waals surface area contributed by atoms with Crippen LogP contribution in [0.5, 0.6) is 0 Å². The van der Waals surface area contributed by atoms with Crippen LogP contribution >= 0.6 is 0 Å². The molecule has 0 fully saturated rings. The quantitative estimate of drug-likeness (QED) is 0.650. The Morgan fingerprint density at radius 3 is 2.74 bits per heavy atom. The Balaban J connectivity index is 2.49. The van der Waals surface area contributed by atoms with Crippen LogP contribution in [0.25, 0.3) is 10.9 Å². The highest BCUT2D eigenvalue weighted by Gasteiger charge is 2.04. The number of allylic oxidation sites excluding steroid dienone is 2. The van der Waals surface area contributed by atoms with Gasteiger partial charge in [-0.05, 0) is 6.07 Å². The summed E-state index contributed by atoms with van der Waals surface area (Å²) in [6.45, 7) is 0. The molecule has 0 aliphatic heterocycles. The second-order valence-electron chi connectivity index (χ2n) is 3.96. The van der Waals surface area contributed by atoms with Gasteiger partial charge in [0.1, 0.15) is 17.8 Å². The Kier molecular flexibility index (Phi) is 3.31. The van der Waals surface area contributed by atoms with E-state index < -0.39 is 0 Å². The first-order valence-electron chi connectivity index (χ1n) is 5.55. The third kappa shape index (κ3) is 2.31. The number of aliphatic imine (C=N–C) groups is 1. The van der Waals surface area contributed by atoms with Gasteiger partial charge in [-0.15, -0.1) is 0 Å². The standard InChI is InChI=1S/C14H11N5/c1-19-9-10(11-4-2-3-5-14(11)19)8-18-13(7-16)12(17)6-15/h2-5,8-9H,17H2,1H3/b13-12+,18-8?. The number of hydrogen-bond acceptors (Lipinski definition) is 4. The summed E-state index contributed by atoms with van der Waals surface area (Å²) < 4.78 is 1.97. The van der Waals surface area contributed by atoms with Crippen LogP contribution in [0.3, 0.4) is 0 Å². The van der Waals surface area contributed by atoms with E-state index in [9.17, 15) is 0 Å². The topological polar surface area (TPSA) is 90.9 Å². The summed E-state index contributed by atoms with van der Waals surface area (Å²) in [5.74, 6) is 0. The number of hydrogen-bond donors (Lipinski definition) is 1. The lowest BCUT2D eigenvalue weighted by molar-refractivity contribution is 0.968. The van der Waals surface area contributed by atoms with Gasteiger partial charge in [0.15, 0.2) is 5.70 Å². The molecule has 1 heterocycles. The molecule has 5 nitrogen and oxygen atoms in total. The minimum absolute atomic E-state index is 0.0737. The average Bonchev–Trinajstić information content (AvgIpc) is 2.76. The highest BCUT2D eigenvalue weighted by molar-refractivity contribution is 5.99. The van der Waals surface area contributed by atoms with Crippen molar-refractivity contribution in [3.63, 3.8) is 0 Å². The molecule has 5 heteroatoms. The van der Waals surface area contributed by atoms with E-state index in [4.69, 9.17) is 16.3 Å². The lowest BCUT2D eigenvalue weighted by Crippen LogP contribution is -1.97. The molecule has 0 atom stereocenters. The van der Waals surface area contributed by atoms with Gasteiger partial charge >= 0.3 is 0 Å². The van der Waals surface area contributed by atoms with E-state index in [2.05, 4.69) is 4.99 Å². The lowest BCUT2D eigenvalue weighted by atomic mass is 10.2. The zero-order chi connectivity index (χ0) is 13.8.